The number of hydrogen-bond acceptors (Lipinski definition) is 3. The number of benzene rings is 3. The van der Waals surface area contributed by atoms with Gasteiger partial charge in [0, 0.05) is 41.3 Å². The Morgan fingerprint density at radius 2 is 1.84 bits per heavy atom. The quantitative estimate of drug-likeness (QED) is 0.413. The number of hydrogen-bond donors (Lipinski definition) is 2. The van der Waals surface area contributed by atoms with Crippen LogP contribution in [0.25, 0.3) is 21.8 Å². The van der Waals surface area contributed by atoms with E-state index in [4.69, 9.17) is 0 Å². The van der Waals surface area contributed by atoms with Crippen molar-refractivity contribution in [2.24, 2.45) is 0 Å². The molecule has 3 heterocycles. The number of aromatic hydroxyl groups is 1. The van der Waals surface area contributed by atoms with Gasteiger partial charge in [-0.3, -0.25) is 9.88 Å². The van der Waals surface area contributed by atoms with Crippen LogP contribution in [0.1, 0.15) is 28.4 Å². The van der Waals surface area contributed by atoms with E-state index in [0.717, 1.165) is 36.0 Å². The summed E-state index contributed by atoms with van der Waals surface area (Å²) in [5, 5.41) is 12.7. The second kappa shape index (κ2) is 7.25. The lowest BCUT2D eigenvalue weighted by Crippen LogP contribution is -2.35. The SMILES string of the molecule is Oc1cccc([C@H]2c3[nH]c4ccccc4c3CCN2Cc2cccc3cccnc23)c1. The first-order valence-electron chi connectivity index (χ1n) is 10.7. The Hall–Kier alpha value is -3.63. The van der Waals surface area contributed by atoms with Gasteiger partial charge in [0.15, 0.2) is 0 Å². The number of para-hydroxylation sites is 2. The van der Waals surface area contributed by atoms with Crippen molar-refractivity contribution in [1.29, 1.82) is 0 Å². The smallest absolute Gasteiger partial charge is 0.115 e. The summed E-state index contributed by atoms with van der Waals surface area (Å²) < 4.78 is 0. The standard InChI is InChI=1S/C27H23N3O/c31-21-10-4-7-19(16-21)27-26-23(22-11-1-2-12-24(22)29-26)13-15-30(27)17-20-8-3-6-18-9-5-14-28-25(18)20/h1-12,14,16,27,29,31H,13,15,17H2/t27-/m0/s1. The van der Waals surface area contributed by atoms with Crippen LogP contribution in [0, 0.1) is 0 Å². The maximum atomic E-state index is 10.2. The zero-order valence-corrected chi connectivity index (χ0v) is 17.1. The molecule has 31 heavy (non-hydrogen) atoms. The minimum atomic E-state index is 0.0437. The lowest BCUT2D eigenvalue weighted by molar-refractivity contribution is 0.202. The number of pyridine rings is 1. The number of nitrogens with zero attached hydrogens (tertiary/aromatic N) is 2. The summed E-state index contributed by atoms with van der Waals surface area (Å²) in [5.74, 6) is 0.299. The van der Waals surface area contributed by atoms with Crippen molar-refractivity contribution in [1.82, 2.24) is 14.9 Å². The molecule has 1 aliphatic rings. The molecule has 5 aromatic rings. The molecule has 4 heteroatoms. The fourth-order valence-corrected chi connectivity index (χ4v) is 5.05. The molecule has 6 rings (SSSR count). The van der Waals surface area contributed by atoms with Gasteiger partial charge in [0.2, 0.25) is 0 Å². The first-order valence-corrected chi connectivity index (χ1v) is 10.7. The fourth-order valence-electron chi connectivity index (χ4n) is 5.05. The first-order chi connectivity index (χ1) is 15.3. The Morgan fingerprint density at radius 3 is 2.77 bits per heavy atom. The zero-order valence-electron chi connectivity index (χ0n) is 17.1. The summed E-state index contributed by atoms with van der Waals surface area (Å²) >= 11 is 0. The van der Waals surface area contributed by atoms with Crippen molar-refractivity contribution in [3.05, 3.63) is 107 Å². The maximum absolute atomic E-state index is 10.2. The van der Waals surface area contributed by atoms with Gasteiger partial charge in [-0.1, -0.05) is 54.6 Å². The van der Waals surface area contributed by atoms with Gasteiger partial charge in [-0.2, -0.15) is 0 Å². The van der Waals surface area contributed by atoms with Crippen LogP contribution in [-0.2, 0) is 13.0 Å². The number of aromatic nitrogens is 2. The number of aromatic amines is 1. The van der Waals surface area contributed by atoms with Gasteiger partial charge in [0.1, 0.15) is 5.75 Å². The summed E-state index contributed by atoms with van der Waals surface area (Å²) in [5.41, 5.74) is 7.17. The second-order valence-corrected chi connectivity index (χ2v) is 8.27. The first kappa shape index (κ1) is 18.2. The monoisotopic (exact) mass is 405 g/mol. The molecule has 0 amide bonds. The summed E-state index contributed by atoms with van der Waals surface area (Å²) in [7, 11) is 0. The third kappa shape index (κ3) is 3.07. The molecule has 0 aliphatic carbocycles. The lowest BCUT2D eigenvalue weighted by atomic mass is 9.91. The highest BCUT2D eigenvalue weighted by Crippen LogP contribution is 2.40. The molecule has 3 aromatic carbocycles. The molecule has 0 unspecified atom stereocenters. The normalized spacial score (nSPS) is 16.6. The third-order valence-corrected chi connectivity index (χ3v) is 6.41. The van der Waals surface area contributed by atoms with Gasteiger partial charge in [0.05, 0.1) is 11.6 Å². The Balaban J connectivity index is 1.49. The lowest BCUT2D eigenvalue weighted by Gasteiger charge is -2.36. The molecule has 0 fully saturated rings. The molecule has 2 N–H and O–H groups in total. The van der Waals surface area contributed by atoms with E-state index in [2.05, 4.69) is 69.5 Å². The Kier molecular flexibility index (Phi) is 4.25. The fraction of sp³-hybridized carbons (Fsp3) is 0.148. The molecule has 0 saturated heterocycles. The highest BCUT2D eigenvalue weighted by atomic mass is 16.3. The van der Waals surface area contributed by atoms with E-state index < -0.39 is 0 Å². The molecule has 1 atom stereocenters. The number of phenolic OH excluding ortho intramolecular Hbond substituents is 1. The van der Waals surface area contributed by atoms with Gasteiger partial charge < -0.3 is 10.1 Å². The summed E-state index contributed by atoms with van der Waals surface area (Å²) in [6, 6.07) is 26.7. The Morgan fingerprint density at radius 1 is 0.968 bits per heavy atom. The highest BCUT2D eigenvalue weighted by molar-refractivity contribution is 5.85. The minimum Gasteiger partial charge on any atom is -0.508 e. The van der Waals surface area contributed by atoms with E-state index in [1.165, 1.54) is 27.7 Å². The van der Waals surface area contributed by atoms with Crippen molar-refractivity contribution in [2.75, 3.05) is 6.54 Å². The van der Waals surface area contributed by atoms with Gasteiger partial charge >= 0.3 is 0 Å². The molecular weight excluding hydrogens is 382 g/mol. The molecular formula is C27H23N3O. The molecule has 0 saturated carbocycles. The molecule has 152 valence electrons. The largest absolute Gasteiger partial charge is 0.508 e. The predicted octanol–water partition coefficient (Wildman–Crippen LogP) is 5.57. The van der Waals surface area contributed by atoms with Crippen LogP contribution >= 0.6 is 0 Å². The van der Waals surface area contributed by atoms with Crippen LogP contribution in [0.5, 0.6) is 5.75 Å². The molecule has 0 radical (unpaired) electrons. The zero-order chi connectivity index (χ0) is 20.8. The Bertz CT molecular complexity index is 1400. The number of phenols is 1. The Labute approximate surface area is 180 Å². The molecule has 0 spiro atoms. The van der Waals surface area contributed by atoms with Crippen LogP contribution in [0.3, 0.4) is 0 Å². The van der Waals surface area contributed by atoms with Crippen LogP contribution in [0.4, 0.5) is 0 Å². The van der Waals surface area contributed by atoms with E-state index >= 15 is 0 Å². The molecule has 0 bridgehead atoms. The van der Waals surface area contributed by atoms with Crippen molar-refractivity contribution < 1.29 is 5.11 Å². The summed E-state index contributed by atoms with van der Waals surface area (Å²) in [6.45, 7) is 1.74. The van der Waals surface area contributed by atoms with E-state index in [1.807, 2.05) is 24.4 Å². The topological polar surface area (TPSA) is 52.1 Å². The van der Waals surface area contributed by atoms with E-state index in [9.17, 15) is 5.11 Å². The minimum absolute atomic E-state index is 0.0437. The van der Waals surface area contributed by atoms with E-state index in [0.29, 0.717) is 5.75 Å². The van der Waals surface area contributed by atoms with E-state index in [1.54, 1.807) is 6.07 Å². The third-order valence-electron chi connectivity index (χ3n) is 6.41. The number of nitrogens with one attached hydrogen (secondary N) is 1. The number of rotatable bonds is 3. The van der Waals surface area contributed by atoms with E-state index in [-0.39, 0.29) is 6.04 Å². The molecule has 1 aliphatic heterocycles. The van der Waals surface area contributed by atoms with Crippen molar-refractivity contribution in [3.8, 4) is 5.75 Å². The average Bonchev–Trinajstić information content (AvgIpc) is 3.18. The van der Waals surface area contributed by atoms with Crippen molar-refractivity contribution >= 4 is 21.8 Å². The summed E-state index contributed by atoms with van der Waals surface area (Å²) in [6.07, 6.45) is 2.86. The van der Waals surface area contributed by atoms with Crippen LogP contribution in [0.15, 0.2) is 85.1 Å². The average molecular weight is 406 g/mol. The van der Waals surface area contributed by atoms with Gasteiger partial charge in [-0.25, -0.2) is 0 Å². The number of H-pyrrole nitrogens is 1. The van der Waals surface area contributed by atoms with Crippen molar-refractivity contribution in [2.45, 2.75) is 19.0 Å². The summed E-state index contributed by atoms with van der Waals surface area (Å²) in [4.78, 5) is 10.9. The van der Waals surface area contributed by atoms with Crippen molar-refractivity contribution in [3.63, 3.8) is 0 Å². The number of fused-ring (bicyclic) bond motifs is 4. The van der Waals surface area contributed by atoms with Crippen LogP contribution < -0.4 is 0 Å². The van der Waals surface area contributed by atoms with Gasteiger partial charge in [-0.05, 0) is 47.4 Å². The second-order valence-electron chi connectivity index (χ2n) is 8.27. The van der Waals surface area contributed by atoms with Gasteiger partial charge in [-0.15, -0.1) is 0 Å². The maximum Gasteiger partial charge on any atom is 0.115 e. The molecule has 2 aromatic heterocycles. The highest BCUT2D eigenvalue weighted by Gasteiger charge is 2.32. The van der Waals surface area contributed by atoms with Gasteiger partial charge in [0.25, 0.3) is 0 Å². The van der Waals surface area contributed by atoms with Crippen LogP contribution in [-0.4, -0.2) is 26.5 Å². The van der Waals surface area contributed by atoms with Crippen LogP contribution in [0.2, 0.25) is 0 Å². The molecule has 4 nitrogen and oxygen atoms in total. The predicted molar refractivity (Wildman–Crippen MR) is 124 cm³/mol.